The average molecular weight is 434 g/mol. The number of nitrogens with zero attached hydrogens (tertiary/aromatic N) is 4. The van der Waals surface area contributed by atoms with Crippen molar-refractivity contribution < 1.29 is 0 Å². The largest absolute Gasteiger partial charge is 0.271 e. The molecule has 0 bridgehead atoms. The molecule has 0 fully saturated rings. The number of rotatable bonds is 8. The maximum atomic E-state index is 13.2. The summed E-state index contributed by atoms with van der Waals surface area (Å²) in [5, 5.41) is 18.8. The minimum atomic E-state index is -0.692. The van der Waals surface area contributed by atoms with Gasteiger partial charge >= 0.3 is 0 Å². The Morgan fingerprint density at radius 3 is 1.16 bits per heavy atom. The number of hydrogen-bond donors (Lipinski definition) is 0. The third-order valence-corrected chi connectivity index (χ3v) is 6.29. The van der Waals surface area contributed by atoms with E-state index in [0.717, 1.165) is 34.8 Å². The molecular formula is C24H26N4O4. The first kappa shape index (κ1) is 23.1. The van der Waals surface area contributed by atoms with Gasteiger partial charge in [-0.1, -0.05) is 39.5 Å². The van der Waals surface area contributed by atoms with Crippen molar-refractivity contribution in [2.24, 2.45) is 0 Å². The first-order chi connectivity index (χ1) is 15.3. The maximum Gasteiger partial charge on any atom is 0.263 e. The molecule has 3 rings (SSSR count). The molecule has 0 amide bonds. The highest BCUT2D eigenvalue weighted by Crippen LogP contribution is 2.28. The third-order valence-electron chi connectivity index (χ3n) is 6.29. The molecule has 2 unspecified atom stereocenters. The van der Waals surface area contributed by atoms with Crippen LogP contribution in [0.4, 0.5) is 0 Å². The predicted octanol–water partition coefficient (Wildman–Crippen LogP) is 3.16. The van der Waals surface area contributed by atoms with E-state index in [1.54, 1.807) is 13.8 Å². The summed E-state index contributed by atoms with van der Waals surface area (Å²) in [5.74, 6) is 0. The molecular weight excluding hydrogens is 408 g/mol. The molecule has 3 aromatic rings. The molecule has 0 aliphatic heterocycles. The molecule has 2 aromatic heterocycles. The van der Waals surface area contributed by atoms with Crippen LogP contribution in [0.2, 0.25) is 0 Å². The summed E-state index contributed by atoms with van der Waals surface area (Å²) in [6.07, 6.45) is 4.50. The molecule has 1 aromatic carbocycles. The lowest BCUT2D eigenvalue weighted by Gasteiger charge is -2.10. The van der Waals surface area contributed by atoms with Gasteiger partial charge in [-0.15, -0.1) is 0 Å². The van der Waals surface area contributed by atoms with Crippen LogP contribution in [0.3, 0.4) is 0 Å². The van der Waals surface area contributed by atoms with Gasteiger partial charge in [0.2, 0.25) is 0 Å². The zero-order valence-electron chi connectivity index (χ0n) is 18.8. The lowest BCUT2D eigenvalue weighted by molar-refractivity contribution is 0.469. The van der Waals surface area contributed by atoms with Crippen molar-refractivity contribution in [1.82, 2.24) is 9.13 Å². The Kier molecular flexibility index (Phi) is 6.45. The number of nitriles is 2. The molecule has 32 heavy (non-hydrogen) atoms. The second kappa shape index (κ2) is 8.92. The molecule has 0 aliphatic carbocycles. The van der Waals surface area contributed by atoms with Crippen molar-refractivity contribution in [3.63, 3.8) is 0 Å². The number of unbranched alkanes of at least 4 members (excludes halogenated alkanes) is 2. The summed E-state index contributed by atoms with van der Waals surface area (Å²) in [7, 11) is 0. The molecule has 2 atom stereocenters. The Morgan fingerprint density at radius 2 is 0.938 bits per heavy atom. The Balaban J connectivity index is 2.53. The zero-order chi connectivity index (χ0) is 23.7. The van der Waals surface area contributed by atoms with Gasteiger partial charge in [-0.05, 0) is 26.7 Å². The van der Waals surface area contributed by atoms with Gasteiger partial charge in [0.25, 0.3) is 22.2 Å². The van der Waals surface area contributed by atoms with Crippen molar-refractivity contribution >= 4 is 21.5 Å². The van der Waals surface area contributed by atoms with E-state index in [9.17, 15) is 29.7 Å². The molecule has 166 valence electrons. The summed E-state index contributed by atoms with van der Waals surface area (Å²) >= 11 is 0. The van der Waals surface area contributed by atoms with Crippen LogP contribution in [0.25, 0.3) is 21.5 Å². The van der Waals surface area contributed by atoms with Gasteiger partial charge in [0.05, 0.1) is 32.7 Å². The van der Waals surface area contributed by atoms with Crippen molar-refractivity contribution in [3.8, 4) is 12.1 Å². The Hall–Kier alpha value is -3.52. The Morgan fingerprint density at radius 1 is 0.656 bits per heavy atom. The van der Waals surface area contributed by atoms with Crippen LogP contribution < -0.4 is 22.2 Å². The van der Waals surface area contributed by atoms with E-state index in [0.29, 0.717) is 12.8 Å². The molecule has 0 spiro atoms. The fourth-order valence-electron chi connectivity index (χ4n) is 4.55. The van der Waals surface area contributed by atoms with Gasteiger partial charge < -0.3 is 0 Å². The zero-order valence-corrected chi connectivity index (χ0v) is 18.8. The van der Waals surface area contributed by atoms with E-state index in [1.165, 1.54) is 0 Å². The van der Waals surface area contributed by atoms with Gasteiger partial charge in [0, 0.05) is 12.1 Å². The summed E-state index contributed by atoms with van der Waals surface area (Å²) in [4.78, 5) is 53.0. The van der Waals surface area contributed by atoms with Gasteiger partial charge in [-0.3, -0.25) is 28.3 Å². The molecule has 0 N–H and O–H groups in total. The van der Waals surface area contributed by atoms with Crippen molar-refractivity contribution in [2.45, 2.75) is 78.3 Å². The first-order valence-electron chi connectivity index (χ1n) is 11.1. The monoisotopic (exact) mass is 434 g/mol. The van der Waals surface area contributed by atoms with E-state index in [2.05, 4.69) is 0 Å². The van der Waals surface area contributed by atoms with Crippen LogP contribution in [0, 0.1) is 22.7 Å². The minimum Gasteiger partial charge on any atom is -0.271 e. The van der Waals surface area contributed by atoms with Crippen molar-refractivity contribution in [1.29, 1.82) is 10.5 Å². The van der Waals surface area contributed by atoms with E-state index in [-0.39, 0.29) is 32.7 Å². The smallest absolute Gasteiger partial charge is 0.263 e. The quantitative estimate of drug-likeness (QED) is 0.536. The van der Waals surface area contributed by atoms with Gasteiger partial charge in [0.15, 0.2) is 0 Å². The highest BCUT2D eigenvalue weighted by Gasteiger charge is 2.30. The Bertz CT molecular complexity index is 1290. The lowest BCUT2D eigenvalue weighted by Crippen LogP contribution is -2.29. The number of fused-ring (bicyclic) bond motifs is 2. The van der Waals surface area contributed by atoms with Gasteiger partial charge in [0.1, 0.15) is 12.1 Å². The highest BCUT2D eigenvalue weighted by atomic mass is 16.2. The van der Waals surface area contributed by atoms with Crippen molar-refractivity contribution in [3.05, 3.63) is 52.5 Å². The second-order valence-electron chi connectivity index (χ2n) is 8.42. The minimum absolute atomic E-state index is 0.236. The van der Waals surface area contributed by atoms with Gasteiger partial charge in [-0.25, -0.2) is 0 Å². The fourth-order valence-corrected chi connectivity index (χ4v) is 4.55. The third kappa shape index (κ3) is 3.27. The van der Waals surface area contributed by atoms with Crippen LogP contribution in [-0.4, -0.2) is 9.13 Å². The molecule has 8 heteroatoms. The molecule has 0 saturated heterocycles. The van der Waals surface area contributed by atoms with Crippen LogP contribution in [0.5, 0.6) is 0 Å². The van der Waals surface area contributed by atoms with E-state index in [4.69, 9.17) is 0 Å². The van der Waals surface area contributed by atoms with Crippen molar-refractivity contribution in [2.75, 3.05) is 0 Å². The van der Waals surface area contributed by atoms with Crippen LogP contribution in [0.15, 0.2) is 19.2 Å². The lowest BCUT2D eigenvalue weighted by atomic mass is 9.98. The predicted molar refractivity (Wildman–Crippen MR) is 123 cm³/mol. The molecule has 8 nitrogen and oxygen atoms in total. The fraction of sp³-hybridized carbons (Fsp3) is 0.500. The Labute approximate surface area is 184 Å². The SMILES string of the molecule is CCCCC(C)n1c(=O)c2c(C#N)c3c(=O)n(C(C)CCCC)c(=O)c3c(C#N)c2c1=O. The molecule has 0 aliphatic rings. The average Bonchev–Trinajstić information content (AvgIpc) is 3.19. The maximum absolute atomic E-state index is 13.2. The molecule has 0 radical (unpaired) electrons. The van der Waals surface area contributed by atoms with Crippen LogP contribution in [0.1, 0.15) is 89.4 Å². The summed E-state index contributed by atoms with van der Waals surface area (Å²) in [5.41, 5.74) is -3.35. The highest BCUT2D eigenvalue weighted by molar-refractivity contribution is 6.09. The number of hydrogen-bond acceptors (Lipinski definition) is 6. The first-order valence-corrected chi connectivity index (χ1v) is 11.1. The standard InChI is InChI=1S/C24H26N4O4/c1-5-7-9-13(3)27-21(29)17-15(11-25)19-20(16(12-26)18(17)22(27)30)24(32)28(23(19)31)14(4)10-8-6-2/h13-14H,5-10H2,1-4H3. The normalized spacial score (nSPS) is 13.3. The van der Waals surface area contributed by atoms with E-state index < -0.39 is 34.3 Å². The molecule has 2 heterocycles. The summed E-state index contributed by atoms with van der Waals surface area (Å²) < 4.78 is 2.10. The van der Waals surface area contributed by atoms with Crippen LogP contribution in [-0.2, 0) is 0 Å². The summed E-state index contributed by atoms with van der Waals surface area (Å²) in [6.45, 7) is 7.45. The molecule has 0 saturated carbocycles. The van der Waals surface area contributed by atoms with Gasteiger partial charge in [-0.2, -0.15) is 10.5 Å². The van der Waals surface area contributed by atoms with E-state index in [1.807, 2.05) is 26.0 Å². The topological polar surface area (TPSA) is 126 Å². The number of benzene rings is 1. The van der Waals surface area contributed by atoms with Crippen LogP contribution >= 0.6 is 0 Å². The number of aromatic nitrogens is 2. The summed E-state index contributed by atoms with van der Waals surface area (Å²) in [6, 6.07) is 2.88. The second-order valence-corrected chi connectivity index (χ2v) is 8.42. The van der Waals surface area contributed by atoms with E-state index >= 15 is 0 Å².